The Kier molecular flexibility index (Phi) is 5.62. The van der Waals surface area contributed by atoms with Crippen LogP contribution in [0.5, 0.6) is 0 Å². The van der Waals surface area contributed by atoms with Crippen LogP contribution in [0, 0.1) is 5.92 Å². The molecule has 1 rings (SSSR count). The zero-order valence-corrected chi connectivity index (χ0v) is 13.2. The molecule has 2 nitrogen and oxygen atoms in total. The highest BCUT2D eigenvalue weighted by molar-refractivity contribution is 9.10. The first-order valence-electron chi connectivity index (χ1n) is 6.32. The average molecular weight is 352 g/mol. The monoisotopic (exact) mass is 351 g/mol. The molecule has 0 aliphatic heterocycles. The van der Waals surface area contributed by atoms with Gasteiger partial charge in [-0.3, -0.25) is 4.79 Å². The molecule has 0 aliphatic rings. The summed E-state index contributed by atoms with van der Waals surface area (Å²) in [6.45, 7) is 6.41. The highest BCUT2D eigenvalue weighted by Crippen LogP contribution is 2.34. The molecule has 0 saturated carbocycles. The van der Waals surface area contributed by atoms with Gasteiger partial charge in [-0.25, -0.2) is 0 Å². The third-order valence-corrected chi connectivity index (χ3v) is 3.27. The molecule has 0 aromatic heterocycles. The largest absolute Gasteiger partial charge is 0.417 e. The molecule has 0 spiro atoms. The predicted molar refractivity (Wildman–Crippen MR) is 75.6 cm³/mol. The van der Waals surface area contributed by atoms with Crippen molar-refractivity contribution in [2.75, 3.05) is 13.1 Å². The van der Waals surface area contributed by atoms with Crippen LogP contribution in [0.2, 0.25) is 0 Å². The summed E-state index contributed by atoms with van der Waals surface area (Å²) in [4.78, 5) is 13.7. The van der Waals surface area contributed by atoms with E-state index in [1.54, 1.807) is 6.92 Å². The summed E-state index contributed by atoms with van der Waals surface area (Å²) in [5.41, 5.74) is -1.21. The van der Waals surface area contributed by atoms with Crippen LogP contribution in [-0.4, -0.2) is 23.9 Å². The molecule has 1 aromatic carbocycles. The van der Waals surface area contributed by atoms with Gasteiger partial charge in [-0.2, -0.15) is 13.2 Å². The third-order valence-electron chi connectivity index (χ3n) is 2.77. The smallest absolute Gasteiger partial charge is 0.339 e. The summed E-state index contributed by atoms with van der Waals surface area (Å²) in [5, 5.41) is 0. The van der Waals surface area contributed by atoms with Crippen molar-refractivity contribution in [3.63, 3.8) is 0 Å². The Balaban J connectivity index is 3.21. The van der Waals surface area contributed by atoms with E-state index in [1.165, 1.54) is 17.0 Å². The van der Waals surface area contributed by atoms with Crippen molar-refractivity contribution < 1.29 is 18.0 Å². The van der Waals surface area contributed by atoms with Crippen molar-refractivity contribution in [3.05, 3.63) is 33.8 Å². The Bertz CT molecular complexity index is 486. The number of hydrogen-bond donors (Lipinski definition) is 0. The minimum absolute atomic E-state index is 0.198. The van der Waals surface area contributed by atoms with Crippen LogP contribution in [-0.2, 0) is 6.18 Å². The molecule has 0 aliphatic carbocycles. The summed E-state index contributed by atoms with van der Waals surface area (Å²) in [6.07, 6.45) is -4.55. The Morgan fingerprint density at radius 3 is 2.40 bits per heavy atom. The minimum atomic E-state index is -4.55. The van der Waals surface area contributed by atoms with Crippen LogP contribution in [0.3, 0.4) is 0 Å². The van der Waals surface area contributed by atoms with Crippen LogP contribution in [0.4, 0.5) is 13.2 Å². The molecule has 20 heavy (non-hydrogen) atoms. The molecule has 0 bridgehead atoms. The van der Waals surface area contributed by atoms with E-state index in [4.69, 9.17) is 0 Å². The van der Waals surface area contributed by atoms with E-state index in [2.05, 4.69) is 15.9 Å². The van der Waals surface area contributed by atoms with E-state index in [-0.39, 0.29) is 11.5 Å². The van der Waals surface area contributed by atoms with Gasteiger partial charge in [-0.1, -0.05) is 29.8 Å². The van der Waals surface area contributed by atoms with Gasteiger partial charge in [0.15, 0.2) is 0 Å². The summed E-state index contributed by atoms with van der Waals surface area (Å²) < 4.78 is 39.4. The molecule has 0 N–H and O–H groups in total. The van der Waals surface area contributed by atoms with Crippen molar-refractivity contribution in [2.45, 2.75) is 26.9 Å². The minimum Gasteiger partial charge on any atom is -0.339 e. The van der Waals surface area contributed by atoms with E-state index in [0.717, 1.165) is 6.07 Å². The van der Waals surface area contributed by atoms with Crippen molar-refractivity contribution in [1.82, 2.24) is 4.90 Å². The molecule has 1 amide bonds. The first-order chi connectivity index (χ1) is 9.16. The van der Waals surface area contributed by atoms with E-state index < -0.39 is 17.6 Å². The standard InChI is InChI=1S/C14H17BrF3NO/c1-4-19(8-9(2)3)13(20)11-6-5-10(15)7-12(11)14(16,17)18/h5-7,9H,4,8H2,1-3H3. The van der Waals surface area contributed by atoms with Gasteiger partial charge in [-0.15, -0.1) is 0 Å². The van der Waals surface area contributed by atoms with Gasteiger partial charge in [0.1, 0.15) is 0 Å². The normalized spacial score (nSPS) is 11.8. The summed E-state index contributed by atoms with van der Waals surface area (Å²) in [6, 6.07) is 3.61. The number of benzene rings is 1. The zero-order chi connectivity index (χ0) is 15.5. The molecular weight excluding hydrogens is 335 g/mol. The number of hydrogen-bond acceptors (Lipinski definition) is 1. The van der Waals surface area contributed by atoms with Gasteiger partial charge < -0.3 is 4.90 Å². The second-order valence-corrected chi connectivity index (χ2v) is 5.84. The second kappa shape index (κ2) is 6.61. The molecule has 0 atom stereocenters. The number of amides is 1. The van der Waals surface area contributed by atoms with Gasteiger partial charge in [0.25, 0.3) is 5.91 Å². The lowest BCUT2D eigenvalue weighted by atomic mass is 10.0. The summed E-state index contributed by atoms with van der Waals surface area (Å²) in [7, 11) is 0. The fourth-order valence-electron chi connectivity index (χ4n) is 1.90. The van der Waals surface area contributed by atoms with E-state index in [9.17, 15) is 18.0 Å². The second-order valence-electron chi connectivity index (χ2n) is 4.93. The quantitative estimate of drug-likeness (QED) is 0.776. The SMILES string of the molecule is CCN(CC(C)C)C(=O)c1ccc(Br)cc1C(F)(F)F. The number of halogens is 4. The number of rotatable bonds is 4. The predicted octanol–water partition coefficient (Wildman–Crippen LogP) is 4.59. The van der Waals surface area contributed by atoms with Gasteiger partial charge in [0.2, 0.25) is 0 Å². The molecule has 0 fully saturated rings. The van der Waals surface area contributed by atoms with Crippen molar-refractivity contribution in [1.29, 1.82) is 0 Å². The fourth-order valence-corrected chi connectivity index (χ4v) is 2.27. The van der Waals surface area contributed by atoms with Crippen LogP contribution in [0.15, 0.2) is 22.7 Å². The Morgan fingerprint density at radius 1 is 1.35 bits per heavy atom. The van der Waals surface area contributed by atoms with E-state index >= 15 is 0 Å². The summed E-state index contributed by atoms with van der Waals surface area (Å²) in [5.74, 6) is -0.385. The molecule has 6 heteroatoms. The topological polar surface area (TPSA) is 20.3 Å². The van der Waals surface area contributed by atoms with Crippen LogP contribution >= 0.6 is 15.9 Å². The highest BCUT2D eigenvalue weighted by Gasteiger charge is 2.36. The molecule has 0 heterocycles. The van der Waals surface area contributed by atoms with Gasteiger partial charge >= 0.3 is 6.18 Å². The fraction of sp³-hybridized carbons (Fsp3) is 0.500. The Morgan fingerprint density at radius 2 is 1.95 bits per heavy atom. The average Bonchev–Trinajstić information content (AvgIpc) is 2.33. The maximum Gasteiger partial charge on any atom is 0.417 e. The van der Waals surface area contributed by atoms with Gasteiger partial charge in [0.05, 0.1) is 11.1 Å². The highest BCUT2D eigenvalue weighted by atomic mass is 79.9. The zero-order valence-electron chi connectivity index (χ0n) is 11.6. The van der Waals surface area contributed by atoms with E-state index in [1.807, 2.05) is 13.8 Å². The molecule has 0 unspecified atom stereocenters. The first kappa shape index (κ1) is 17.0. The van der Waals surface area contributed by atoms with Crippen LogP contribution < -0.4 is 0 Å². The maximum atomic E-state index is 13.0. The molecule has 1 aromatic rings. The number of alkyl halides is 3. The number of nitrogens with zero attached hydrogens (tertiary/aromatic N) is 1. The molecular formula is C14H17BrF3NO. The first-order valence-corrected chi connectivity index (χ1v) is 7.12. The Hall–Kier alpha value is -1.04. The van der Waals surface area contributed by atoms with Crippen LogP contribution in [0.25, 0.3) is 0 Å². The lowest BCUT2D eigenvalue weighted by Gasteiger charge is -2.24. The Labute approximate surface area is 125 Å². The lowest BCUT2D eigenvalue weighted by Crippen LogP contribution is -2.35. The number of carbonyl (C=O) groups excluding carboxylic acids is 1. The third kappa shape index (κ3) is 4.23. The van der Waals surface area contributed by atoms with Crippen LogP contribution in [0.1, 0.15) is 36.7 Å². The molecule has 0 radical (unpaired) electrons. The van der Waals surface area contributed by atoms with Crippen molar-refractivity contribution in [3.8, 4) is 0 Å². The van der Waals surface area contributed by atoms with Gasteiger partial charge in [0, 0.05) is 17.6 Å². The van der Waals surface area contributed by atoms with Gasteiger partial charge in [-0.05, 0) is 31.0 Å². The molecule has 0 saturated heterocycles. The lowest BCUT2D eigenvalue weighted by molar-refractivity contribution is -0.138. The number of carbonyl (C=O) groups is 1. The summed E-state index contributed by atoms with van der Waals surface area (Å²) >= 11 is 3.01. The van der Waals surface area contributed by atoms with E-state index in [0.29, 0.717) is 17.6 Å². The van der Waals surface area contributed by atoms with Crippen molar-refractivity contribution >= 4 is 21.8 Å². The maximum absolute atomic E-state index is 13.0. The van der Waals surface area contributed by atoms with Crippen molar-refractivity contribution in [2.24, 2.45) is 5.92 Å². The molecule has 112 valence electrons.